The van der Waals surface area contributed by atoms with Gasteiger partial charge in [-0.15, -0.1) is 0 Å². The van der Waals surface area contributed by atoms with Crippen LogP contribution < -0.4 is 5.32 Å². The van der Waals surface area contributed by atoms with Gasteiger partial charge >= 0.3 is 0 Å². The highest BCUT2D eigenvalue weighted by atomic mass is 15.1. The molecule has 2 N–H and O–H groups in total. The maximum absolute atomic E-state index is 4.58. The zero-order valence-electron chi connectivity index (χ0n) is 14.3. The van der Waals surface area contributed by atoms with Gasteiger partial charge in [-0.25, -0.2) is 15.0 Å². The number of aromatic nitrogens is 4. The third kappa shape index (κ3) is 3.95. The van der Waals surface area contributed by atoms with Gasteiger partial charge in [0.15, 0.2) is 0 Å². The number of H-pyrrole nitrogens is 1. The van der Waals surface area contributed by atoms with Crippen LogP contribution in [0.3, 0.4) is 0 Å². The van der Waals surface area contributed by atoms with Crippen molar-refractivity contribution in [2.24, 2.45) is 0 Å². The van der Waals surface area contributed by atoms with Crippen LogP contribution >= 0.6 is 0 Å². The Balaban J connectivity index is 1.41. The fraction of sp³-hybridized carbons (Fsp3) is 0.0952. The van der Waals surface area contributed by atoms with Crippen LogP contribution in [0.25, 0.3) is 11.3 Å². The molecule has 5 heteroatoms. The van der Waals surface area contributed by atoms with E-state index in [0.29, 0.717) is 6.54 Å². The van der Waals surface area contributed by atoms with Crippen molar-refractivity contribution in [2.45, 2.75) is 13.0 Å². The summed E-state index contributed by atoms with van der Waals surface area (Å²) in [6.07, 6.45) is 4.35. The Morgan fingerprint density at radius 1 is 0.846 bits per heavy atom. The molecule has 0 amide bonds. The largest absolute Gasteiger partial charge is 0.363 e. The molecule has 2 aromatic heterocycles. The first-order valence-electron chi connectivity index (χ1n) is 8.56. The number of aromatic amines is 1. The molecule has 0 aliphatic carbocycles. The van der Waals surface area contributed by atoms with Crippen LogP contribution in [-0.2, 0) is 13.0 Å². The molecule has 0 aliphatic rings. The van der Waals surface area contributed by atoms with Gasteiger partial charge in [0.25, 0.3) is 0 Å². The summed E-state index contributed by atoms with van der Waals surface area (Å²) in [7, 11) is 0. The Hall–Kier alpha value is -3.47. The smallest absolute Gasteiger partial charge is 0.135 e. The van der Waals surface area contributed by atoms with Crippen LogP contribution in [0.4, 0.5) is 5.82 Å². The van der Waals surface area contributed by atoms with Gasteiger partial charge in [-0.3, -0.25) is 0 Å². The van der Waals surface area contributed by atoms with Crippen molar-refractivity contribution in [1.29, 1.82) is 0 Å². The SMILES string of the molecule is c1ccc(Cc2nccc(NCc3ncc(-c4ccccc4)[nH]3)n2)cc1. The number of anilines is 1. The van der Waals surface area contributed by atoms with E-state index in [-0.39, 0.29) is 0 Å². The molecule has 0 unspecified atom stereocenters. The highest BCUT2D eigenvalue weighted by Crippen LogP contribution is 2.16. The van der Waals surface area contributed by atoms with E-state index in [1.807, 2.05) is 48.7 Å². The third-order valence-corrected chi connectivity index (χ3v) is 4.06. The molecule has 0 saturated carbocycles. The molecule has 0 bridgehead atoms. The molecular weight excluding hydrogens is 322 g/mol. The van der Waals surface area contributed by atoms with Crippen molar-refractivity contribution in [3.8, 4) is 11.3 Å². The summed E-state index contributed by atoms with van der Waals surface area (Å²) in [6.45, 7) is 0.578. The summed E-state index contributed by atoms with van der Waals surface area (Å²) in [5.74, 6) is 2.46. The number of hydrogen-bond acceptors (Lipinski definition) is 4. The topological polar surface area (TPSA) is 66.5 Å². The summed E-state index contributed by atoms with van der Waals surface area (Å²) >= 11 is 0. The fourth-order valence-corrected chi connectivity index (χ4v) is 2.75. The van der Waals surface area contributed by atoms with Crippen LogP contribution in [0.1, 0.15) is 17.2 Å². The van der Waals surface area contributed by atoms with Gasteiger partial charge < -0.3 is 10.3 Å². The molecule has 4 aromatic rings. The van der Waals surface area contributed by atoms with Gasteiger partial charge in [0.1, 0.15) is 17.5 Å². The van der Waals surface area contributed by atoms with Gasteiger partial charge in [0.05, 0.1) is 18.4 Å². The fourth-order valence-electron chi connectivity index (χ4n) is 2.75. The van der Waals surface area contributed by atoms with E-state index in [1.165, 1.54) is 5.56 Å². The first-order chi connectivity index (χ1) is 12.9. The molecule has 0 saturated heterocycles. The van der Waals surface area contributed by atoms with Crippen molar-refractivity contribution in [3.63, 3.8) is 0 Å². The first kappa shape index (κ1) is 16.0. The van der Waals surface area contributed by atoms with Crippen LogP contribution in [0, 0.1) is 0 Å². The molecule has 128 valence electrons. The Morgan fingerprint density at radius 3 is 2.42 bits per heavy atom. The highest BCUT2D eigenvalue weighted by Gasteiger charge is 2.05. The molecule has 2 aromatic carbocycles. The number of nitrogens with one attached hydrogen (secondary N) is 2. The summed E-state index contributed by atoms with van der Waals surface area (Å²) in [5, 5.41) is 3.31. The lowest BCUT2D eigenvalue weighted by Crippen LogP contribution is -2.05. The van der Waals surface area contributed by atoms with Crippen LogP contribution in [-0.4, -0.2) is 19.9 Å². The second kappa shape index (κ2) is 7.61. The van der Waals surface area contributed by atoms with E-state index in [4.69, 9.17) is 0 Å². The monoisotopic (exact) mass is 341 g/mol. The van der Waals surface area contributed by atoms with E-state index in [1.54, 1.807) is 6.20 Å². The van der Waals surface area contributed by atoms with E-state index in [2.05, 4.69) is 49.5 Å². The Morgan fingerprint density at radius 2 is 1.62 bits per heavy atom. The summed E-state index contributed by atoms with van der Waals surface area (Å²) in [6, 6.07) is 22.3. The minimum absolute atomic E-state index is 0.578. The Bertz CT molecular complexity index is 964. The lowest BCUT2D eigenvalue weighted by atomic mass is 10.1. The number of benzene rings is 2. The predicted molar refractivity (Wildman–Crippen MR) is 103 cm³/mol. The minimum Gasteiger partial charge on any atom is -0.363 e. The van der Waals surface area contributed by atoms with Crippen molar-refractivity contribution >= 4 is 5.82 Å². The average molecular weight is 341 g/mol. The molecule has 0 fully saturated rings. The number of nitrogens with zero attached hydrogens (tertiary/aromatic N) is 3. The molecule has 0 spiro atoms. The third-order valence-electron chi connectivity index (χ3n) is 4.06. The Kier molecular flexibility index (Phi) is 4.69. The van der Waals surface area contributed by atoms with E-state index in [9.17, 15) is 0 Å². The van der Waals surface area contributed by atoms with Gasteiger partial charge in [-0.05, 0) is 17.2 Å². The number of imidazole rings is 1. The van der Waals surface area contributed by atoms with Crippen molar-refractivity contribution in [1.82, 2.24) is 19.9 Å². The van der Waals surface area contributed by atoms with Crippen molar-refractivity contribution in [2.75, 3.05) is 5.32 Å². The molecule has 4 rings (SSSR count). The van der Waals surface area contributed by atoms with Crippen molar-refractivity contribution < 1.29 is 0 Å². The molecule has 0 aliphatic heterocycles. The first-order valence-corrected chi connectivity index (χ1v) is 8.56. The molecule has 0 radical (unpaired) electrons. The molecule has 26 heavy (non-hydrogen) atoms. The summed E-state index contributed by atoms with van der Waals surface area (Å²) in [4.78, 5) is 16.7. The lowest BCUT2D eigenvalue weighted by molar-refractivity contribution is 0.939. The number of rotatable bonds is 6. The van der Waals surface area contributed by atoms with Gasteiger partial charge in [0, 0.05) is 12.6 Å². The van der Waals surface area contributed by atoms with Crippen LogP contribution in [0.15, 0.2) is 79.1 Å². The highest BCUT2D eigenvalue weighted by molar-refractivity contribution is 5.58. The Labute approximate surface area is 152 Å². The zero-order chi connectivity index (χ0) is 17.6. The van der Waals surface area contributed by atoms with E-state index >= 15 is 0 Å². The normalized spacial score (nSPS) is 10.6. The van der Waals surface area contributed by atoms with E-state index in [0.717, 1.165) is 35.1 Å². The lowest BCUT2D eigenvalue weighted by Gasteiger charge is -2.06. The van der Waals surface area contributed by atoms with E-state index < -0.39 is 0 Å². The van der Waals surface area contributed by atoms with Gasteiger partial charge in [-0.2, -0.15) is 0 Å². The van der Waals surface area contributed by atoms with Gasteiger partial charge in [-0.1, -0.05) is 60.7 Å². The molecule has 2 heterocycles. The van der Waals surface area contributed by atoms with Crippen LogP contribution in [0.5, 0.6) is 0 Å². The van der Waals surface area contributed by atoms with Crippen molar-refractivity contribution in [3.05, 3.63) is 96.3 Å². The quantitative estimate of drug-likeness (QED) is 0.555. The number of hydrogen-bond donors (Lipinski definition) is 2. The minimum atomic E-state index is 0.578. The maximum Gasteiger partial charge on any atom is 0.135 e. The average Bonchev–Trinajstić information content (AvgIpc) is 3.17. The zero-order valence-corrected chi connectivity index (χ0v) is 14.3. The predicted octanol–water partition coefficient (Wildman–Crippen LogP) is 4.07. The summed E-state index contributed by atoms with van der Waals surface area (Å²) < 4.78 is 0. The maximum atomic E-state index is 4.58. The standard InChI is InChI=1S/C21H19N5/c1-3-7-16(8-4-1)13-20-22-12-11-19(26-20)24-15-21-23-14-18(25-21)17-9-5-2-6-10-17/h1-12,14H,13,15H2,(H,23,25)(H,22,24,26). The second-order valence-electron chi connectivity index (χ2n) is 5.98. The van der Waals surface area contributed by atoms with Crippen LogP contribution in [0.2, 0.25) is 0 Å². The molecule has 5 nitrogen and oxygen atoms in total. The molecular formula is C21H19N5. The van der Waals surface area contributed by atoms with Gasteiger partial charge in [0.2, 0.25) is 0 Å². The second-order valence-corrected chi connectivity index (χ2v) is 5.98. The summed E-state index contributed by atoms with van der Waals surface area (Å²) in [5.41, 5.74) is 3.33. The molecule has 0 atom stereocenters.